The molecule has 0 bridgehead atoms. The van der Waals surface area contributed by atoms with Crippen molar-refractivity contribution < 1.29 is 37.6 Å². The molecule has 0 saturated carbocycles. The van der Waals surface area contributed by atoms with Crippen molar-refractivity contribution >= 4 is 19.8 Å². The summed E-state index contributed by atoms with van der Waals surface area (Å²) in [6, 6.07) is 0. The van der Waals surface area contributed by atoms with E-state index in [1.54, 1.807) is 0 Å². The summed E-state index contributed by atoms with van der Waals surface area (Å²) in [6.45, 7) is 3.53. The zero-order valence-electron chi connectivity index (χ0n) is 34.6. The first kappa shape index (κ1) is 52.5. The van der Waals surface area contributed by atoms with Crippen LogP contribution < -0.4 is 5.73 Å². The third-order valence-corrected chi connectivity index (χ3v) is 9.56. The van der Waals surface area contributed by atoms with E-state index in [0.717, 1.165) is 70.6 Å². The minimum absolute atomic E-state index is 0.0450. The number of ether oxygens (including phenoxy) is 2. The van der Waals surface area contributed by atoms with Gasteiger partial charge in [-0.1, -0.05) is 151 Å². The molecule has 2 atom stereocenters. The first-order chi connectivity index (χ1) is 26.8. The lowest BCUT2D eigenvalue weighted by atomic mass is 10.1. The van der Waals surface area contributed by atoms with Crippen LogP contribution in [0.4, 0.5) is 0 Å². The number of esters is 2. The second-order valence-electron chi connectivity index (χ2n) is 13.8. The molecule has 0 saturated heterocycles. The maximum atomic E-state index is 12.6. The molecule has 0 fully saturated rings. The molecule has 0 aromatic heterocycles. The molecule has 0 aliphatic rings. The normalized spacial score (nSPS) is 14.0. The molecule has 316 valence electrons. The molecule has 0 amide bonds. The average molecular weight is 792 g/mol. The van der Waals surface area contributed by atoms with E-state index < -0.39 is 32.5 Å². The number of phosphoric acid groups is 1. The Kier molecular flexibility index (Phi) is 39.2. The van der Waals surface area contributed by atoms with E-state index in [9.17, 15) is 19.0 Å². The van der Waals surface area contributed by atoms with Gasteiger partial charge in [0, 0.05) is 19.4 Å². The molecule has 0 aromatic rings. The van der Waals surface area contributed by atoms with Gasteiger partial charge >= 0.3 is 19.8 Å². The van der Waals surface area contributed by atoms with Crippen LogP contribution in [0.15, 0.2) is 72.9 Å². The summed E-state index contributed by atoms with van der Waals surface area (Å²) < 4.78 is 32.7. The van der Waals surface area contributed by atoms with Gasteiger partial charge in [-0.05, 0) is 77.0 Å². The van der Waals surface area contributed by atoms with Crippen LogP contribution in [0, 0.1) is 0 Å². The lowest BCUT2D eigenvalue weighted by Crippen LogP contribution is -2.29. The van der Waals surface area contributed by atoms with E-state index in [4.69, 9.17) is 24.3 Å². The van der Waals surface area contributed by atoms with Crippen molar-refractivity contribution in [2.24, 2.45) is 5.73 Å². The Bertz CT molecular complexity index is 1130. The lowest BCUT2D eigenvalue weighted by molar-refractivity contribution is -0.161. The third kappa shape index (κ3) is 40.9. The van der Waals surface area contributed by atoms with Crippen molar-refractivity contribution in [1.29, 1.82) is 0 Å². The van der Waals surface area contributed by atoms with Crippen molar-refractivity contribution in [1.82, 2.24) is 0 Å². The number of rotatable bonds is 39. The van der Waals surface area contributed by atoms with Crippen LogP contribution in [0.1, 0.15) is 168 Å². The van der Waals surface area contributed by atoms with Crippen molar-refractivity contribution in [2.75, 3.05) is 26.4 Å². The van der Waals surface area contributed by atoms with Crippen LogP contribution in [-0.2, 0) is 32.7 Å². The summed E-state index contributed by atoms with van der Waals surface area (Å²) in [5.74, 6) is -0.874. The van der Waals surface area contributed by atoms with E-state index in [1.807, 2.05) is 0 Å². The van der Waals surface area contributed by atoms with Crippen LogP contribution in [-0.4, -0.2) is 49.3 Å². The first-order valence-electron chi connectivity index (χ1n) is 21.4. The monoisotopic (exact) mass is 792 g/mol. The summed E-state index contributed by atoms with van der Waals surface area (Å²) in [4.78, 5) is 34.9. The Labute approximate surface area is 335 Å². The van der Waals surface area contributed by atoms with Crippen LogP contribution in [0.3, 0.4) is 0 Å². The molecule has 0 spiro atoms. The van der Waals surface area contributed by atoms with Crippen molar-refractivity contribution in [3.63, 3.8) is 0 Å². The number of carbonyl (C=O) groups excluding carboxylic acids is 2. The highest BCUT2D eigenvalue weighted by Gasteiger charge is 2.26. The maximum Gasteiger partial charge on any atom is 0.472 e. The quantitative estimate of drug-likeness (QED) is 0.0270. The maximum absolute atomic E-state index is 12.6. The molecular formula is C45H78NO8P. The van der Waals surface area contributed by atoms with Crippen LogP contribution in [0.5, 0.6) is 0 Å². The summed E-state index contributed by atoms with van der Waals surface area (Å²) in [6.07, 6.45) is 49.3. The molecule has 0 radical (unpaired) electrons. The molecule has 0 aliphatic carbocycles. The molecule has 9 nitrogen and oxygen atoms in total. The van der Waals surface area contributed by atoms with Crippen LogP contribution in [0.25, 0.3) is 0 Å². The van der Waals surface area contributed by atoms with Gasteiger partial charge in [0.1, 0.15) is 6.61 Å². The Morgan fingerprint density at radius 3 is 1.53 bits per heavy atom. The fourth-order valence-electron chi connectivity index (χ4n) is 5.41. The Hall–Kier alpha value is -2.55. The fourth-order valence-corrected chi connectivity index (χ4v) is 6.17. The number of nitrogens with two attached hydrogens (primary N) is 1. The first-order valence-corrected chi connectivity index (χ1v) is 22.9. The Morgan fingerprint density at radius 2 is 1.00 bits per heavy atom. The second-order valence-corrected chi connectivity index (χ2v) is 15.3. The van der Waals surface area contributed by atoms with Gasteiger partial charge in [-0.15, -0.1) is 0 Å². The molecule has 1 unspecified atom stereocenters. The number of hydrogen-bond donors (Lipinski definition) is 2. The molecule has 10 heteroatoms. The molecule has 0 aliphatic heterocycles. The van der Waals surface area contributed by atoms with Gasteiger partial charge in [0.15, 0.2) is 6.10 Å². The number of carbonyl (C=O) groups is 2. The smallest absolute Gasteiger partial charge is 0.462 e. The van der Waals surface area contributed by atoms with Gasteiger partial charge in [-0.25, -0.2) is 4.57 Å². The molecule has 0 aromatic carbocycles. The summed E-state index contributed by atoms with van der Waals surface area (Å²) in [5, 5.41) is 0. The summed E-state index contributed by atoms with van der Waals surface area (Å²) >= 11 is 0. The largest absolute Gasteiger partial charge is 0.472 e. The minimum atomic E-state index is -4.39. The molecule has 3 N–H and O–H groups in total. The van der Waals surface area contributed by atoms with Gasteiger partial charge in [0.2, 0.25) is 0 Å². The van der Waals surface area contributed by atoms with Gasteiger partial charge in [-0.3, -0.25) is 18.6 Å². The number of unbranched alkanes of at least 4 members (excludes halogenated alkanes) is 14. The summed E-state index contributed by atoms with van der Waals surface area (Å²) in [5.41, 5.74) is 5.34. The predicted octanol–water partition coefficient (Wildman–Crippen LogP) is 12.3. The van der Waals surface area contributed by atoms with Gasteiger partial charge in [-0.2, -0.15) is 0 Å². The van der Waals surface area contributed by atoms with Crippen molar-refractivity contribution in [3.8, 4) is 0 Å². The molecule has 0 heterocycles. The minimum Gasteiger partial charge on any atom is -0.462 e. The topological polar surface area (TPSA) is 134 Å². The molecule has 55 heavy (non-hydrogen) atoms. The van der Waals surface area contributed by atoms with Gasteiger partial charge in [0.25, 0.3) is 0 Å². The number of hydrogen-bond acceptors (Lipinski definition) is 8. The molecular weight excluding hydrogens is 713 g/mol. The van der Waals surface area contributed by atoms with E-state index in [2.05, 4.69) is 86.8 Å². The van der Waals surface area contributed by atoms with Crippen molar-refractivity contribution in [2.45, 2.75) is 174 Å². The predicted molar refractivity (Wildman–Crippen MR) is 229 cm³/mol. The van der Waals surface area contributed by atoms with Crippen molar-refractivity contribution in [3.05, 3.63) is 72.9 Å². The van der Waals surface area contributed by atoms with E-state index in [1.165, 1.54) is 57.8 Å². The van der Waals surface area contributed by atoms with Crippen LogP contribution in [0.2, 0.25) is 0 Å². The second kappa shape index (κ2) is 41.1. The lowest BCUT2D eigenvalue weighted by Gasteiger charge is -2.19. The highest BCUT2D eigenvalue weighted by molar-refractivity contribution is 7.47. The fraction of sp³-hybridized carbons (Fsp3) is 0.689. The third-order valence-electron chi connectivity index (χ3n) is 8.58. The Morgan fingerprint density at radius 1 is 0.564 bits per heavy atom. The van der Waals surface area contributed by atoms with Crippen LogP contribution >= 0.6 is 7.82 Å². The average Bonchev–Trinajstić information content (AvgIpc) is 3.17. The molecule has 0 rings (SSSR count). The Balaban J connectivity index is 4.23. The zero-order valence-corrected chi connectivity index (χ0v) is 35.5. The summed E-state index contributed by atoms with van der Waals surface area (Å²) in [7, 11) is -4.39. The van der Waals surface area contributed by atoms with E-state index in [0.29, 0.717) is 12.8 Å². The number of allylic oxidation sites excluding steroid dienone is 12. The van der Waals surface area contributed by atoms with Gasteiger partial charge < -0.3 is 20.1 Å². The van der Waals surface area contributed by atoms with E-state index in [-0.39, 0.29) is 32.6 Å². The highest BCUT2D eigenvalue weighted by Crippen LogP contribution is 2.43. The highest BCUT2D eigenvalue weighted by atomic mass is 31.2. The van der Waals surface area contributed by atoms with Gasteiger partial charge in [0.05, 0.1) is 13.2 Å². The zero-order chi connectivity index (χ0) is 40.3. The van der Waals surface area contributed by atoms with E-state index >= 15 is 0 Å². The SMILES string of the molecule is CC/C=C/C/C=C/C/C=C/C/C=C/C/C=C/CCCCCC(=O)OC[C@H](COP(=O)(O)OCCN)OC(=O)CCCCCCCCCCC/C=C/CCCC. The number of phosphoric ester groups is 1. The standard InChI is InChI=1S/C45H78NO8P/c1-3-5-7-9-11-13-15-17-19-20-21-22-24-25-27-29-31-33-35-37-44(47)51-41-43(42-53-55(49,50)52-40-39-46)54-45(48)38-36-34-32-30-28-26-23-18-16-14-12-10-8-6-4-2/h5,7,10-13,17,19,21-22,25,27,43H,3-4,6,8-9,14-16,18,20,23-24,26,28-42,46H2,1-2H3,(H,49,50)/b7-5+,12-10+,13-11+,19-17+,22-21+,27-25+/t43-/m1/s1.